The highest BCUT2D eigenvalue weighted by molar-refractivity contribution is 4.99. The highest BCUT2D eigenvalue weighted by atomic mass is 15.3. The summed E-state index contributed by atoms with van der Waals surface area (Å²) in [6, 6.07) is 2.59. The molecule has 1 N–H and O–H groups in total. The maximum atomic E-state index is 4.56. The monoisotopic (exact) mass is 208 g/mol. The Labute approximate surface area is 91.3 Å². The standard InChI is InChI=1S/C11H20N4/c1-10(2)15-6-3-11(13-15)9-14-7-4-12-5-8-14/h3,6,10,12H,4-5,7-9H2,1-2H3. The lowest BCUT2D eigenvalue weighted by atomic mass is 10.3. The van der Waals surface area contributed by atoms with Crippen molar-refractivity contribution in [3.8, 4) is 0 Å². The quantitative estimate of drug-likeness (QED) is 0.800. The maximum absolute atomic E-state index is 4.56. The molecule has 1 aliphatic rings. The minimum Gasteiger partial charge on any atom is -0.314 e. The van der Waals surface area contributed by atoms with E-state index in [1.54, 1.807) is 0 Å². The predicted molar refractivity (Wildman–Crippen MR) is 60.8 cm³/mol. The molecule has 1 aromatic rings. The number of aromatic nitrogens is 2. The first-order valence-electron chi connectivity index (χ1n) is 5.73. The topological polar surface area (TPSA) is 33.1 Å². The molecule has 0 aliphatic carbocycles. The van der Waals surface area contributed by atoms with Crippen LogP contribution in [0.3, 0.4) is 0 Å². The first kappa shape index (κ1) is 10.6. The zero-order chi connectivity index (χ0) is 10.7. The van der Waals surface area contributed by atoms with Crippen LogP contribution in [0, 0.1) is 0 Å². The number of nitrogens with one attached hydrogen (secondary N) is 1. The van der Waals surface area contributed by atoms with Crippen molar-refractivity contribution in [2.24, 2.45) is 0 Å². The fraction of sp³-hybridized carbons (Fsp3) is 0.727. The molecule has 2 heterocycles. The second-order valence-electron chi connectivity index (χ2n) is 4.41. The average Bonchev–Trinajstić information content (AvgIpc) is 2.68. The fourth-order valence-electron chi connectivity index (χ4n) is 1.85. The number of nitrogens with zero attached hydrogens (tertiary/aromatic N) is 3. The summed E-state index contributed by atoms with van der Waals surface area (Å²) in [6.45, 7) is 9.77. The van der Waals surface area contributed by atoms with Crippen molar-refractivity contribution < 1.29 is 0 Å². The molecule has 4 heteroatoms. The fourth-order valence-corrected chi connectivity index (χ4v) is 1.85. The summed E-state index contributed by atoms with van der Waals surface area (Å²) in [7, 11) is 0. The highest BCUT2D eigenvalue weighted by Gasteiger charge is 2.11. The van der Waals surface area contributed by atoms with Gasteiger partial charge in [-0.05, 0) is 19.9 Å². The summed E-state index contributed by atoms with van der Waals surface area (Å²) in [5.74, 6) is 0. The van der Waals surface area contributed by atoms with E-state index in [1.165, 1.54) is 5.69 Å². The number of rotatable bonds is 3. The molecule has 0 amide bonds. The van der Waals surface area contributed by atoms with Crippen LogP contribution in [0.4, 0.5) is 0 Å². The van der Waals surface area contributed by atoms with Crippen LogP contribution >= 0.6 is 0 Å². The van der Waals surface area contributed by atoms with Crippen LogP contribution in [0.1, 0.15) is 25.6 Å². The molecule has 0 unspecified atom stereocenters. The Bertz CT molecular complexity index is 299. The Balaban J connectivity index is 1.91. The van der Waals surface area contributed by atoms with Gasteiger partial charge in [0.05, 0.1) is 5.69 Å². The van der Waals surface area contributed by atoms with Gasteiger partial charge in [0, 0.05) is 45.0 Å². The van der Waals surface area contributed by atoms with Crippen molar-refractivity contribution in [3.05, 3.63) is 18.0 Å². The Morgan fingerprint density at radius 3 is 2.73 bits per heavy atom. The summed E-state index contributed by atoms with van der Waals surface area (Å²) in [4.78, 5) is 2.45. The average molecular weight is 208 g/mol. The minimum absolute atomic E-state index is 0.460. The largest absolute Gasteiger partial charge is 0.314 e. The summed E-state index contributed by atoms with van der Waals surface area (Å²) in [6.07, 6.45) is 2.07. The van der Waals surface area contributed by atoms with Gasteiger partial charge in [-0.2, -0.15) is 5.10 Å². The Morgan fingerprint density at radius 1 is 1.40 bits per heavy atom. The van der Waals surface area contributed by atoms with Gasteiger partial charge in [0.25, 0.3) is 0 Å². The van der Waals surface area contributed by atoms with Gasteiger partial charge < -0.3 is 5.32 Å². The van der Waals surface area contributed by atoms with Gasteiger partial charge in [0.2, 0.25) is 0 Å². The predicted octanol–water partition coefficient (Wildman–Crippen LogP) is 0.869. The van der Waals surface area contributed by atoms with E-state index in [2.05, 4.69) is 41.4 Å². The second kappa shape index (κ2) is 4.77. The molecule has 1 aliphatic heterocycles. The molecular formula is C11H20N4. The molecule has 15 heavy (non-hydrogen) atoms. The SMILES string of the molecule is CC(C)n1ccc(CN2CCNCC2)n1. The van der Waals surface area contributed by atoms with Gasteiger partial charge in [0.1, 0.15) is 0 Å². The first-order valence-corrected chi connectivity index (χ1v) is 5.73. The zero-order valence-electron chi connectivity index (χ0n) is 9.61. The summed E-state index contributed by atoms with van der Waals surface area (Å²) >= 11 is 0. The van der Waals surface area contributed by atoms with E-state index in [4.69, 9.17) is 0 Å². The lowest BCUT2D eigenvalue weighted by Crippen LogP contribution is -2.42. The van der Waals surface area contributed by atoms with Crippen molar-refractivity contribution in [3.63, 3.8) is 0 Å². The van der Waals surface area contributed by atoms with E-state index < -0.39 is 0 Å². The Hall–Kier alpha value is -0.870. The third-order valence-corrected chi connectivity index (χ3v) is 2.79. The van der Waals surface area contributed by atoms with Crippen LogP contribution in [0.2, 0.25) is 0 Å². The summed E-state index contributed by atoms with van der Waals surface area (Å²) in [5, 5.41) is 7.92. The number of hydrogen-bond donors (Lipinski definition) is 1. The van der Waals surface area contributed by atoms with Crippen molar-refractivity contribution >= 4 is 0 Å². The molecule has 1 saturated heterocycles. The van der Waals surface area contributed by atoms with E-state index in [0.717, 1.165) is 32.7 Å². The Kier molecular flexibility index (Phi) is 3.38. The number of piperazine rings is 1. The van der Waals surface area contributed by atoms with Crippen LogP contribution < -0.4 is 5.32 Å². The highest BCUT2D eigenvalue weighted by Crippen LogP contribution is 2.07. The molecule has 0 bridgehead atoms. The van der Waals surface area contributed by atoms with Crippen LogP contribution in [0.15, 0.2) is 12.3 Å². The molecule has 1 fully saturated rings. The zero-order valence-corrected chi connectivity index (χ0v) is 9.61. The second-order valence-corrected chi connectivity index (χ2v) is 4.41. The summed E-state index contributed by atoms with van der Waals surface area (Å²) < 4.78 is 2.03. The molecule has 2 rings (SSSR count). The molecule has 0 spiro atoms. The number of hydrogen-bond acceptors (Lipinski definition) is 3. The third kappa shape index (κ3) is 2.79. The summed E-state index contributed by atoms with van der Waals surface area (Å²) in [5.41, 5.74) is 1.19. The molecule has 0 aromatic carbocycles. The molecule has 0 saturated carbocycles. The van der Waals surface area contributed by atoms with E-state index in [0.29, 0.717) is 6.04 Å². The minimum atomic E-state index is 0.460. The lowest BCUT2D eigenvalue weighted by Gasteiger charge is -2.26. The van der Waals surface area contributed by atoms with Crippen molar-refractivity contribution in [1.29, 1.82) is 0 Å². The van der Waals surface area contributed by atoms with Gasteiger partial charge in [-0.15, -0.1) is 0 Å². The maximum Gasteiger partial charge on any atom is 0.0764 e. The molecule has 84 valence electrons. The van der Waals surface area contributed by atoms with Gasteiger partial charge in [-0.25, -0.2) is 0 Å². The normalized spacial score (nSPS) is 18.6. The van der Waals surface area contributed by atoms with Crippen molar-refractivity contribution in [2.45, 2.75) is 26.4 Å². The van der Waals surface area contributed by atoms with E-state index in [1.807, 2.05) is 4.68 Å². The molecular weight excluding hydrogens is 188 g/mol. The van der Waals surface area contributed by atoms with E-state index in [9.17, 15) is 0 Å². The van der Waals surface area contributed by atoms with E-state index in [-0.39, 0.29) is 0 Å². The molecule has 0 atom stereocenters. The third-order valence-electron chi connectivity index (χ3n) is 2.79. The van der Waals surface area contributed by atoms with Crippen LogP contribution in [-0.4, -0.2) is 40.9 Å². The smallest absolute Gasteiger partial charge is 0.0764 e. The van der Waals surface area contributed by atoms with Gasteiger partial charge in [-0.3, -0.25) is 9.58 Å². The molecule has 0 radical (unpaired) electrons. The van der Waals surface area contributed by atoms with Crippen molar-refractivity contribution in [2.75, 3.05) is 26.2 Å². The van der Waals surface area contributed by atoms with Crippen molar-refractivity contribution in [1.82, 2.24) is 20.0 Å². The van der Waals surface area contributed by atoms with Gasteiger partial charge in [-0.1, -0.05) is 0 Å². The van der Waals surface area contributed by atoms with Crippen LogP contribution in [-0.2, 0) is 6.54 Å². The molecule has 4 nitrogen and oxygen atoms in total. The van der Waals surface area contributed by atoms with Gasteiger partial charge >= 0.3 is 0 Å². The molecule has 1 aromatic heterocycles. The first-order chi connectivity index (χ1) is 7.25. The lowest BCUT2D eigenvalue weighted by molar-refractivity contribution is 0.230. The Morgan fingerprint density at radius 2 is 2.13 bits per heavy atom. The van der Waals surface area contributed by atoms with Crippen LogP contribution in [0.25, 0.3) is 0 Å². The van der Waals surface area contributed by atoms with Gasteiger partial charge in [0.15, 0.2) is 0 Å². The van der Waals surface area contributed by atoms with E-state index >= 15 is 0 Å². The van der Waals surface area contributed by atoms with Crippen LogP contribution in [0.5, 0.6) is 0 Å².